The summed E-state index contributed by atoms with van der Waals surface area (Å²) in [6, 6.07) is 19.5. The zero-order valence-electron chi connectivity index (χ0n) is 18.3. The van der Waals surface area contributed by atoms with Gasteiger partial charge in [0.05, 0.1) is 18.3 Å². The van der Waals surface area contributed by atoms with Gasteiger partial charge in [-0.3, -0.25) is 4.79 Å². The Morgan fingerprint density at radius 1 is 1.00 bits per heavy atom. The average Bonchev–Trinajstić information content (AvgIpc) is 2.83. The molecule has 3 N–H and O–H groups in total. The summed E-state index contributed by atoms with van der Waals surface area (Å²) in [4.78, 5) is 25.2. The summed E-state index contributed by atoms with van der Waals surface area (Å²) in [5.41, 5.74) is 3.12. The monoisotopic (exact) mass is 429 g/mol. The van der Waals surface area contributed by atoms with Gasteiger partial charge in [0, 0.05) is 13.1 Å². The van der Waals surface area contributed by atoms with E-state index in [1.165, 1.54) is 0 Å². The number of aromatic amines is 1. The van der Waals surface area contributed by atoms with Gasteiger partial charge in [0.2, 0.25) is 5.95 Å². The van der Waals surface area contributed by atoms with Crippen LogP contribution in [0.2, 0.25) is 0 Å². The van der Waals surface area contributed by atoms with Crippen molar-refractivity contribution < 1.29 is 4.74 Å². The van der Waals surface area contributed by atoms with Crippen molar-refractivity contribution in [3.63, 3.8) is 0 Å². The van der Waals surface area contributed by atoms with Gasteiger partial charge in [0.25, 0.3) is 5.56 Å². The van der Waals surface area contributed by atoms with Crippen molar-refractivity contribution in [2.45, 2.75) is 26.3 Å². The third-order valence-electron chi connectivity index (χ3n) is 5.21. The number of rotatable bonds is 9. The first-order chi connectivity index (χ1) is 15.7. The van der Waals surface area contributed by atoms with E-state index in [9.17, 15) is 4.79 Å². The second kappa shape index (κ2) is 9.96. The van der Waals surface area contributed by atoms with Crippen LogP contribution in [-0.4, -0.2) is 28.6 Å². The second-order valence-electron chi connectivity index (χ2n) is 7.52. The Morgan fingerprint density at radius 2 is 1.78 bits per heavy atom. The summed E-state index contributed by atoms with van der Waals surface area (Å²) in [6.07, 6.45) is 2.03. The summed E-state index contributed by atoms with van der Waals surface area (Å²) in [6.45, 7) is 3.42. The van der Waals surface area contributed by atoms with Crippen LogP contribution >= 0.6 is 0 Å². The van der Waals surface area contributed by atoms with Gasteiger partial charge in [-0.2, -0.15) is 4.98 Å². The molecule has 0 saturated heterocycles. The Kier molecular flexibility index (Phi) is 6.65. The van der Waals surface area contributed by atoms with Crippen LogP contribution in [0.3, 0.4) is 0 Å². The third kappa shape index (κ3) is 4.88. The van der Waals surface area contributed by atoms with Gasteiger partial charge in [-0.25, -0.2) is 4.98 Å². The molecule has 2 aromatic carbocycles. The highest BCUT2D eigenvalue weighted by Crippen LogP contribution is 2.24. The maximum absolute atomic E-state index is 13.0. The van der Waals surface area contributed by atoms with Crippen molar-refractivity contribution in [1.29, 1.82) is 0 Å². The quantitative estimate of drug-likeness (QED) is 0.331. The minimum Gasteiger partial charge on any atom is -0.497 e. The molecule has 7 heteroatoms. The van der Waals surface area contributed by atoms with Crippen LogP contribution in [0.4, 0.5) is 11.8 Å². The van der Waals surface area contributed by atoms with Gasteiger partial charge >= 0.3 is 0 Å². The zero-order chi connectivity index (χ0) is 22.3. The van der Waals surface area contributed by atoms with Crippen LogP contribution in [-0.2, 0) is 6.54 Å². The molecule has 2 heterocycles. The number of benzene rings is 2. The SMILES string of the molecule is CCCCNc1nc(NCc2ccc(OC)cc2)nc2cc(-c3ccccc3)[nH]c(=O)c12. The summed E-state index contributed by atoms with van der Waals surface area (Å²) in [7, 11) is 1.65. The Morgan fingerprint density at radius 3 is 2.50 bits per heavy atom. The third-order valence-corrected chi connectivity index (χ3v) is 5.21. The molecule has 164 valence electrons. The Balaban J connectivity index is 1.70. The molecule has 0 atom stereocenters. The van der Waals surface area contributed by atoms with Crippen molar-refractivity contribution in [2.24, 2.45) is 0 Å². The predicted octanol–water partition coefficient (Wildman–Crippen LogP) is 4.82. The highest BCUT2D eigenvalue weighted by Gasteiger charge is 2.13. The van der Waals surface area contributed by atoms with Crippen molar-refractivity contribution >= 4 is 22.7 Å². The lowest BCUT2D eigenvalue weighted by Gasteiger charge is -2.12. The Labute approximate surface area is 186 Å². The first-order valence-electron chi connectivity index (χ1n) is 10.8. The molecule has 2 aromatic heterocycles. The van der Waals surface area contributed by atoms with E-state index in [4.69, 9.17) is 4.74 Å². The number of nitrogens with zero attached hydrogens (tertiary/aromatic N) is 2. The van der Waals surface area contributed by atoms with E-state index in [-0.39, 0.29) is 5.56 Å². The van der Waals surface area contributed by atoms with E-state index in [1.807, 2.05) is 60.7 Å². The fourth-order valence-corrected chi connectivity index (χ4v) is 3.45. The first kappa shape index (κ1) is 21.4. The van der Waals surface area contributed by atoms with E-state index < -0.39 is 0 Å². The lowest BCUT2D eigenvalue weighted by atomic mass is 10.1. The number of hydrogen-bond acceptors (Lipinski definition) is 6. The molecular formula is C25H27N5O2. The fraction of sp³-hybridized carbons (Fsp3) is 0.240. The van der Waals surface area contributed by atoms with Crippen LogP contribution in [0.1, 0.15) is 25.3 Å². The molecule has 4 rings (SSSR count). The average molecular weight is 430 g/mol. The minimum atomic E-state index is -0.206. The number of H-pyrrole nitrogens is 1. The summed E-state index contributed by atoms with van der Waals surface area (Å²) in [5.74, 6) is 1.82. The van der Waals surface area contributed by atoms with E-state index in [2.05, 4.69) is 32.5 Å². The molecule has 0 spiro atoms. The maximum atomic E-state index is 13.0. The summed E-state index contributed by atoms with van der Waals surface area (Å²) < 4.78 is 5.22. The number of anilines is 2. The molecule has 0 bridgehead atoms. The maximum Gasteiger partial charge on any atom is 0.261 e. The van der Waals surface area contributed by atoms with Gasteiger partial charge in [0.1, 0.15) is 17.0 Å². The largest absolute Gasteiger partial charge is 0.497 e. The predicted molar refractivity (Wildman–Crippen MR) is 129 cm³/mol. The van der Waals surface area contributed by atoms with Crippen LogP contribution in [0.25, 0.3) is 22.2 Å². The molecule has 32 heavy (non-hydrogen) atoms. The normalized spacial score (nSPS) is 10.8. The molecule has 0 radical (unpaired) electrons. The molecule has 0 aliphatic carbocycles. The second-order valence-corrected chi connectivity index (χ2v) is 7.52. The number of hydrogen-bond donors (Lipinski definition) is 3. The van der Waals surface area contributed by atoms with Gasteiger partial charge in [-0.05, 0) is 35.7 Å². The summed E-state index contributed by atoms with van der Waals surface area (Å²) in [5, 5.41) is 7.07. The Bertz CT molecular complexity index is 1240. The van der Waals surface area contributed by atoms with E-state index in [1.54, 1.807) is 7.11 Å². The zero-order valence-corrected chi connectivity index (χ0v) is 18.3. The van der Waals surface area contributed by atoms with Crippen LogP contribution in [0.15, 0.2) is 65.5 Å². The van der Waals surface area contributed by atoms with Gasteiger partial charge in [-0.1, -0.05) is 55.8 Å². The lowest BCUT2D eigenvalue weighted by Crippen LogP contribution is -2.15. The molecule has 0 saturated carbocycles. The molecule has 0 unspecified atom stereocenters. The summed E-state index contributed by atoms with van der Waals surface area (Å²) >= 11 is 0. The van der Waals surface area contributed by atoms with E-state index >= 15 is 0 Å². The van der Waals surface area contributed by atoms with Crippen LogP contribution < -0.4 is 20.9 Å². The molecule has 0 aliphatic heterocycles. The van der Waals surface area contributed by atoms with Crippen LogP contribution in [0.5, 0.6) is 5.75 Å². The fourth-order valence-electron chi connectivity index (χ4n) is 3.45. The molecule has 7 nitrogen and oxygen atoms in total. The van der Waals surface area contributed by atoms with Crippen molar-refractivity contribution in [1.82, 2.24) is 15.0 Å². The molecule has 0 aliphatic rings. The highest BCUT2D eigenvalue weighted by atomic mass is 16.5. The number of aromatic nitrogens is 3. The van der Waals surface area contributed by atoms with Crippen LogP contribution in [0, 0.1) is 0 Å². The number of methoxy groups -OCH3 is 1. The van der Waals surface area contributed by atoms with Crippen molar-refractivity contribution in [3.8, 4) is 17.0 Å². The minimum absolute atomic E-state index is 0.206. The van der Waals surface area contributed by atoms with E-state index in [0.717, 1.165) is 42.0 Å². The van der Waals surface area contributed by atoms with Crippen molar-refractivity contribution in [3.05, 3.63) is 76.6 Å². The number of nitrogens with one attached hydrogen (secondary N) is 3. The smallest absolute Gasteiger partial charge is 0.261 e. The first-order valence-corrected chi connectivity index (χ1v) is 10.8. The Hall–Kier alpha value is -3.87. The molecule has 0 amide bonds. The molecular weight excluding hydrogens is 402 g/mol. The van der Waals surface area contributed by atoms with Gasteiger partial charge < -0.3 is 20.4 Å². The molecule has 4 aromatic rings. The standard InChI is InChI=1S/C25H27N5O2/c1-3-4-14-26-23-22-21(15-20(28-24(22)31)18-8-6-5-7-9-18)29-25(30-23)27-16-17-10-12-19(32-2)13-11-17/h5-13,15H,3-4,14,16H2,1-2H3,(H,28,31)(H2,26,27,29,30). The number of ether oxygens (including phenoxy) is 1. The van der Waals surface area contributed by atoms with Gasteiger partial charge in [0.15, 0.2) is 0 Å². The van der Waals surface area contributed by atoms with E-state index in [0.29, 0.717) is 29.2 Å². The number of pyridine rings is 1. The number of unbranched alkanes of at least 4 members (excludes halogenated alkanes) is 1. The highest BCUT2D eigenvalue weighted by molar-refractivity contribution is 5.91. The molecule has 0 fully saturated rings. The topological polar surface area (TPSA) is 91.9 Å². The number of fused-ring (bicyclic) bond motifs is 1. The van der Waals surface area contributed by atoms with Crippen molar-refractivity contribution in [2.75, 3.05) is 24.3 Å². The van der Waals surface area contributed by atoms with Gasteiger partial charge in [-0.15, -0.1) is 0 Å². The lowest BCUT2D eigenvalue weighted by molar-refractivity contribution is 0.414.